The molecule has 1 aromatic heterocycles. The van der Waals surface area contributed by atoms with E-state index in [4.69, 9.17) is 0 Å². The Hall–Kier alpha value is -3.40. The summed E-state index contributed by atoms with van der Waals surface area (Å²) < 4.78 is 2.05. The fourth-order valence-electron chi connectivity index (χ4n) is 3.33. The maximum atomic E-state index is 13.2. The number of hydrogen-bond donors (Lipinski definition) is 0. The van der Waals surface area contributed by atoms with E-state index in [9.17, 15) is 4.79 Å². The van der Waals surface area contributed by atoms with Crippen LogP contribution in [0.1, 0.15) is 10.4 Å². The van der Waals surface area contributed by atoms with Crippen molar-refractivity contribution in [1.82, 2.24) is 9.55 Å². The monoisotopic (exact) mass is 311 g/mol. The van der Waals surface area contributed by atoms with Crippen LogP contribution in [0.3, 0.4) is 0 Å². The SMILES string of the molecule is O=C(c1ccccc1)N1c2ccccc2-n2cnc3cccc1c32. The van der Waals surface area contributed by atoms with Crippen LogP contribution < -0.4 is 4.90 Å². The number of imidazole rings is 1. The molecule has 0 saturated heterocycles. The van der Waals surface area contributed by atoms with E-state index in [1.807, 2.05) is 79.1 Å². The van der Waals surface area contributed by atoms with E-state index in [2.05, 4.69) is 9.55 Å². The van der Waals surface area contributed by atoms with Gasteiger partial charge in [-0.15, -0.1) is 0 Å². The van der Waals surface area contributed by atoms with Crippen molar-refractivity contribution in [2.75, 3.05) is 4.90 Å². The molecule has 0 radical (unpaired) electrons. The zero-order valence-electron chi connectivity index (χ0n) is 12.8. The third kappa shape index (κ3) is 1.68. The molecule has 1 amide bonds. The van der Waals surface area contributed by atoms with Gasteiger partial charge >= 0.3 is 0 Å². The number of aromatic nitrogens is 2. The summed E-state index contributed by atoms with van der Waals surface area (Å²) in [4.78, 5) is 19.5. The average molecular weight is 311 g/mol. The Morgan fingerprint density at radius 3 is 2.29 bits per heavy atom. The fourth-order valence-corrected chi connectivity index (χ4v) is 3.33. The molecule has 24 heavy (non-hydrogen) atoms. The molecule has 3 aromatic carbocycles. The van der Waals surface area contributed by atoms with E-state index in [-0.39, 0.29) is 5.91 Å². The molecule has 4 aromatic rings. The van der Waals surface area contributed by atoms with Crippen molar-refractivity contribution in [1.29, 1.82) is 0 Å². The lowest BCUT2D eigenvalue weighted by molar-refractivity contribution is 0.0999. The molecular weight excluding hydrogens is 298 g/mol. The summed E-state index contributed by atoms with van der Waals surface area (Å²) in [5.74, 6) is -0.0389. The molecule has 0 fully saturated rings. The Morgan fingerprint density at radius 1 is 0.750 bits per heavy atom. The molecule has 2 heterocycles. The minimum absolute atomic E-state index is 0.0389. The number of amides is 1. The molecule has 114 valence electrons. The van der Waals surface area contributed by atoms with Gasteiger partial charge in [0.2, 0.25) is 0 Å². The van der Waals surface area contributed by atoms with Gasteiger partial charge in [-0.1, -0.05) is 36.4 Å². The van der Waals surface area contributed by atoms with Crippen LogP contribution in [0.5, 0.6) is 0 Å². The van der Waals surface area contributed by atoms with Gasteiger partial charge in [0.15, 0.2) is 0 Å². The second-order valence-corrected chi connectivity index (χ2v) is 5.75. The third-order valence-corrected chi connectivity index (χ3v) is 4.39. The van der Waals surface area contributed by atoms with Gasteiger partial charge in [-0.25, -0.2) is 4.98 Å². The minimum Gasteiger partial charge on any atom is -0.295 e. The Morgan fingerprint density at radius 2 is 1.46 bits per heavy atom. The zero-order chi connectivity index (χ0) is 16.1. The van der Waals surface area contributed by atoms with Crippen LogP contribution in [0.15, 0.2) is 79.1 Å². The first kappa shape index (κ1) is 13.1. The number of carbonyl (C=O) groups is 1. The van der Waals surface area contributed by atoms with Crippen molar-refractivity contribution in [2.24, 2.45) is 0 Å². The topological polar surface area (TPSA) is 38.1 Å². The van der Waals surface area contributed by atoms with Crippen LogP contribution >= 0.6 is 0 Å². The van der Waals surface area contributed by atoms with Crippen molar-refractivity contribution in [3.05, 3.63) is 84.7 Å². The molecule has 0 spiro atoms. The van der Waals surface area contributed by atoms with Crippen molar-refractivity contribution < 1.29 is 4.79 Å². The molecule has 1 aliphatic rings. The van der Waals surface area contributed by atoms with Gasteiger partial charge in [-0.2, -0.15) is 0 Å². The third-order valence-electron chi connectivity index (χ3n) is 4.39. The van der Waals surface area contributed by atoms with Crippen molar-refractivity contribution in [3.63, 3.8) is 0 Å². The molecule has 0 atom stereocenters. The predicted octanol–water partition coefficient (Wildman–Crippen LogP) is 4.32. The maximum Gasteiger partial charge on any atom is 0.262 e. The van der Waals surface area contributed by atoms with Crippen LogP contribution in [0, 0.1) is 0 Å². The normalized spacial score (nSPS) is 12.2. The summed E-state index contributed by atoms with van der Waals surface area (Å²) in [5.41, 5.74) is 5.19. The van der Waals surface area contributed by atoms with E-state index in [1.54, 1.807) is 4.90 Å². The second kappa shape index (κ2) is 4.80. The summed E-state index contributed by atoms with van der Waals surface area (Å²) in [6, 6.07) is 23.2. The number of hydrogen-bond acceptors (Lipinski definition) is 2. The highest BCUT2D eigenvalue weighted by molar-refractivity contribution is 6.16. The molecule has 0 aliphatic carbocycles. The highest BCUT2D eigenvalue weighted by Gasteiger charge is 2.29. The summed E-state index contributed by atoms with van der Waals surface area (Å²) >= 11 is 0. The van der Waals surface area contributed by atoms with Crippen LogP contribution in [-0.4, -0.2) is 15.5 Å². The van der Waals surface area contributed by atoms with E-state index in [0.717, 1.165) is 28.1 Å². The van der Waals surface area contributed by atoms with Gasteiger partial charge in [-0.3, -0.25) is 14.3 Å². The highest BCUT2D eigenvalue weighted by Crippen LogP contribution is 2.42. The lowest BCUT2D eigenvalue weighted by atomic mass is 10.1. The number of para-hydroxylation sites is 3. The van der Waals surface area contributed by atoms with Crippen LogP contribution in [0.4, 0.5) is 11.4 Å². The van der Waals surface area contributed by atoms with Gasteiger partial charge < -0.3 is 0 Å². The Kier molecular flexibility index (Phi) is 2.61. The Bertz CT molecular complexity index is 1080. The highest BCUT2D eigenvalue weighted by atomic mass is 16.2. The van der Waals surface area contributed by atoms with Gasteiger partial charge in [0, 0.05) is 5.56 Å². The molecule has 0 unspecified atom stereocenters. The number of fused-ring (bicyclic) bond motifs is 2. The molecule has 5 rings (SSSR count). The zero-order valence-corrected chi connectivity index (χ0v) is 12.8. The first-order valence-corrected chi connectivity index (χ1v) is 7.79. The number of carbonyl (C=O) groups excluding carboxylic acids is 1. The predicted molar refractivity (Wildman–Crippen MR) is 94.0 cm³/mol. The van der Waals surface area contributed by atoms with Gasteiger partial charge in [0.1, 0.15) is 6.33 Å². The summed E-state index contributed by atoms with van der Waals surface area (Å²) in [7, 11) is 0. The average Bonchev–Trinajstić information content (AvgIpc) is 3.08. The number of anilines is 2. The van der Waals surface area contributed by atoms with E-state index < -0.39 is 0 Å². The van der Waals surface area contributed by atoms with Crippen molar-refractivity contribution in [3.8, 4) is 5.69 Å². The summed E-state index contributed by atoms with van der Waals surface area (Å²) in [5, 5.41) is 0. The number of nitrogens with zero attached hydrogens (tertiary/aromatic N) is 3. The van der Waals surface area contributed by atoms with Crippen LogP contribution in [0.25, 0.3) is 16.7 Å². The van der Waals surface area contributed by atoms with Gasteiger partial charge in [0.05, 0.1) is 28.1 Å². The first-order valence-electron chi connectivity index (χ1n) is 7.79. The standard InChI is InChI=1S/C20H13N3O/c24-20(14-7-2-1-3-8-14)23-17-11-5-4-10-16(17)22-13-21-15-9-6-12-18(23)19(15)22/h1-13H. The molecule has 4 heteroatoms. The lowest BCUT2D eigenvalue weighted by Crippen LogP contribution is -2.29. The first-order chi connectivity index (χ1) is 11.8. The number of benzene rings is 3. The Balaban J connectivity index is 1.83. The van der Waals surface area contributed by atoms with Crippen molar-refractivity contribution in [2.45, 2.75) is 0 Å². The largest absolute Gasteiger partial charge is 0.295 e. The smallest absolute Gasteiger partial charge is 0.262 e. The van der Waals surface area contributed by atoms with Crippen molar-refractivity contribution >= 4 is 28.3 Å². The van der Waals surface area contributed by atoms with Crippen LogP contribution in [-0.2, 0) is 0 Å². The van der Waals surface area contributed by atoms with E-state index in [1.165, 1.54) is 0 Å². The molecule has 0 saturated carbocycles. The van der Waals surface area contributed by atoms with Crippen LogP contribution in [0.2, 0.25) is 0 Å². The van der Waals surface area contributed by atoms with Gasteiger partial charge in [-0.05, 0) is 36.4 Å². The Labute approximate surface area is 138 Å². The second-order valence-electron chi connectivity index (χ2n) is 5.75. The summed E-state index contributed by atoms with van der Waals surface area (Å²) in [6.45, 7) is 0. The molecule has 0 N–H and O–H groups in total. The molecule has 4 nitrogen and oxygen atoms in total. The molecule has 0 bridgehead atoms. The summed E-state index contributed by atoms with van der Waals surface area (Å²) in [6.07, 6.45) is 1.82. The number of rotatable bonds is 1. The lowest BCUT2D eigenvalue weighted by Gasteiger charge is -2.30. The van der Waals surface area contributed by atoms with E-state index in [0.29, 0.717) is 5.56 Å². The quantitative estimate of drug-likeness (QED) is 0.525. The fraction of sp³-hybridized carbons (Fsp3) is 0. The minimum atomic E-state index is -0.0389. The maximum absolute atomic E-state index is 13.2. The molecule has 1 aliphatic heterocycles. The van der Waals surface area contributed by atoms with Gasteiger partial charge in [0.25, 0.3) is 5.91 Å². The molecular formula is C20H13N3O. The van der Waals surface area contributed by atoms with E-state index >= 15 is 0 Å².